The van der Waals surface area contributed by atoms with E-state index < -0.39 is 5.91 Å². The minimum Gasteiger partial charge on any atom is -0.272 e. The van der Waals surface area contributed by atoms with Crippen LogP contribution < -0.4 is 0 Å². The van der Waals surface area contributed by atoms with Gasteiger partial charge in [0.1, 0.15) is 0 Å². The molecule has 0 heterocycles. The van der Waals surface area contributed by atoms with E-state index in [0.29, 0.717) is 0 Å². The van der Waals surface area contributed by atoms with Crippen LogP contribution in [-0.4, -0.2) is 10.1 Å². The first kappa shape index (κ1) is 18.0. The van der Waals surface area contributed by atoms with E-state index in [1.807, 2.05) is 0 Å². The standard InChI is InChI=1S/C22H14.C2H3NO2S/c1-2-6-16-10-20-14-22-12-18-8-4-3-7-17(18)11-21(22)13-19(20)9-15(16)5-1;1-2(4)3-6-5/h1-14H;1H3. The third-order valence-corrected chi connectivity index (χ3v) is 5.02. The van der Waals surface area contributed by atoms with Gasteiger partial charge in [0.25, 0.3) is 5.91 Å². The van der Waals surface area contributed by atoms with E-state index in [0.717, 1.165) is 0 Å². The van der Waals surface area contributed by atoms with Crippen LogP contribution in [0.2, 0.25) is 0 Å². The minimum atomic E-state index is -0.435. The molecular weight excluding hydrogens is 366 g/mol. The summed E-state index contributed by atoms with van der Waals surface area (Å²) in [6.45, 7) is 1.23. The lowest BCUT2D eigenvalue weighted by molar-refractivity contribution is -0.115. The van der Waals surface area contributed by atoms with Gasteiger partial charge in [-0.3, -0.25) is 4.79 Å². The highest BCUT2D eigenvalue weighted by Crippen LogP contribution is 2.29. The molecule has 0 aliphatic heterocycles. The van der Waals surface area contributed by atoms with Crippen molar-refractivity contribution in [2.45, 2.75) is 6.92 Å². The second kappa shape index (κ2) is 7.71. The molecule has 5 aromatic rings. The van der Waals surface area contributed by atoms with Crippen molar-refractivity contribution in [2.75, 3.05) is 0 Å². The van der Waals surface area contributed by atoms with Crippen LogP contribution in [-0.2, 0) is 16.3 Å². The van der Waals surface area contributed by atoms with E-state index in [1.165, 1.54) is 50.0 Å². The Bertz CT molecular complexity index is 1220. The van der Waals surface area contributed by atoms with Crippen molar-refractivity contribution < 1.29 is 9.00 Å². The van der Waals surface area contributed by atoms with Crippen molar-refractivity contribution in [3.05, 3.63) is 84.9 Å². The molecule has 0 bridgehead atoms. The SMILES string of the molecule is CC(=O)N=S=O.c1ccc2cc3cc4cc5ccccc5cc4cc3cc2c1. The molecule has 0 spiro atoms. The van der Waals surface area contributed by atoms with Crippen molar-refractivity contribution >= 4 is 60.5 Å². The molecule has 5 rings (SSSR count). The third-order valence-electron chi connectivity index (χ3n) is 4.69. The molecule has 28 heavy (non-hydrogen) atoms. The lowest BCUT2D eigenvalue weighted by atomic mass is 9.97. The van der Waals surface area contributed by atoms with Gasteiger partial charge in [0, 0.05) is 6.92 Å². The molecule has 0 atom stereocenters. The first-order valence-corrected chi connectivity index (χ1v) is 9.59. The molecule has 3 nitrogen and oxygen atoms in total. The number of hydrogen-bond donors (Lipinski definition) is 0. The van der Waals surface area contributed by atoms with Crippen LogP contribution in [0.25, 0.3) is 43.1 Å². The molecule has 5 aromatic carbocycles. The number of fused-ring (bicyclic) bond motifs is 4. The molecule has 0 aliphatic carbocycles. The predicted octanol–water partition coefficient (Wildman–Crippen LogP) is 6.23. The fourth-order valence-corrected chi connectivity index (χ4v) is 3.54. The molecule has 0 N–H and O–H groups in total. The Labute approximate surface area is 165 Å². The number of nitrogens with zero attached hydrogens (tertiary/aromatic N) is 1. The lowest BCUT2D eigenvalue weighted by Crippen LogP contribution is -1.80. The van der Waals surface area contributed by atoms with Crippen molar-refractivity contribution in [3.8, 4) is 0 Å². The van der Waals surface area contributed by atoms with Crippen LogP contribution in [0.1, 0.15) is 6.92 Å². The number of carbonyl (C=O) groups is 1. The molecule has 0 saturated carbocycles. The number of rotatable bonds is 0. The predicted molar refractivity (Wildman–Crippen MR) is 118 cm³/mol. The number of hydrogen-bond acceptors (Lipinski definition) is 2. The van der Waals surface area contributed by atoms with Crippen LogP contribution in [0.15, 0.2) is 89.3 Å². The highest BCUT2D eigenvalue weighted by atomic mass is 32.1. The van der Waals surface area contributed by atoms with E-state index in [2.05, 4.69) is 89.3 Å². The van der Waals surface area contributed by atoms with Crippen molar-refractivity contribution in [1.29, 1.82) is 0 Å². The average Bonchev–Trinajstić information content (AvgIpc) is 2.69. The number of carbonyl (C=O) groups excluding carboxylic acids is 1. The van der Waals surface area contributed by atoms with Gasteiger partial charge >= 0.3 is 0 Å². The van der Waals surface area contributed by atoms with Gasteiger partial charge in [-0.2, -0.15) is 4.21 Å². The zero-order valence-corrected chi connectivity index (χ0v) is 16.1. The second-order valence-electron chi connectivity index (χ2n) is 6.63. The summed E-state index contributed by atoms with van der Waals surface area (Å²) in [6, 6.07) is 30.9. The van der Waals surface area contributed by atoms with Gasteiger partial charge in [-0.25, -0.2) is 0 Å². The maximum Gasteiger partial charge on any atom is 0.255 e. The maximum atomic E-state index is 9.66. The molecule has 0 saturated heterocycles. The highest BCUT2D eigenvalue weighted by Gasteiger charge is 2.02. The molecule has 0 radical (unpaired) electrons. The molecule has 1 amide bonds. The molecule has 4 heteroatoms. The average molecular weight is 383 g/mol. The van der Waals surface area contributed by atoms with Gasteiger partial charge in [0.15, 0.2) is 0 Å². The molecular formula is C24H17NO2S. The molecule has 0 aromatic heterocycles. The van der Waals surface area contributed by atoms with E-state index in [1.54, 1.807) is 0 Å². The molecule has 136 valence electrons. The van der Waals surface area contributed by atoms with Gasteiger partial charge in [0.05, 0.1) is 0 Å². The van der Waals surface area contributed by atoms with Crippen LogP contribution in [0.5, 0.6) is 0 Å². The number of benzene rings is 5. The molecule has 0 fully saturated rings. The Kier molecular flexibility index (Phi) is 4.96. The van der Waals surface area contributed by atoms with Crippen molar-refractivity contribution in [1.82, 2.24) is 0 Å². The summed E-state index contributed by atoms with van der Waals surface area (Å²) in [7, 11) is 0. The lowest BCUT2D eigenvalue weighted by Gasteiger charge is -2.07. The smallest absolute Gasteiger partial charge is 0.255 e. The Morgan fingerprint density at radius 2 is 0.893 bits per heavy atom. The Hall–Kier alpha value is -3.37. The second-order valence-corrected chi connectivity index (χ2v) is 6.96. The fourth-order valence-electron chi connectivity index (χ4n) is 3.44. The van der Waals surface area contributed by atoms with Crippen molar-refractivity contribution in [3.63, 3.8) is 0 Å². The van der Waals surface area contributed by atoms with Gasteiger partial charge in [-0.05, 0) is 79.5 Å². The van der Waals surface area contributed by atoms with E-state index in [-0.39, 0.29) is 11.5 Å². The monoisotopic (exact) mass is 383 g/mol. The van der Waals surface area contributed by atoms with Crippen LogP contribution in [0.4, 0.5) is 0 Å². The van der Waals surface area contributed by atoms with Gasteiger partial charge in [0.2, 0.25) is 11.5 Å². The summed E-state index contributed by atoms with van der Waals surface area (Å²) >= 11 is -0.0648. The van der Waals surface area contributed by atoms with Gasteiger partial charge in [-0.1, -0.05) is 48.5 Å². The Morgan fingerprint density at radius 3 is 1.11 bits per heavy atom. The van der Waals surface area contributed by atoms with E-state index in [4.69, 9.17) is 0 Å². The van der Waals surface area contributed by atoms with Crippen LogP contribution in [0.3, 0.4) is 0 Å². The van der Waals surface area contributed by atoms with Crippen LogP contribution in [0, 0.1) is 0 Å². The largest absolute Gasteiger partial charge is 0.272 e. The number of amides is 1. The summed E-state index contributed by atoms with van der Waals surface area (Å²) in [5, 5.41) is 10.4. The first-order valence-electron chi connectivity index (χ1n) is 8.90. The van der Waals surface area contributed by atoms with E-state index in [9.17, 15) is 9.00 Å². The quantitative estimate of drug-likeness (QED) is 0.298. The summed E-state index contributed by atoms with van der Waals surface area (Å²) in [5.74, 6) is -0.435. The van der Waals surface area contributed by atoms with Gasteiger partial charge in [-0.15, -0.1) is 4.36 Å². The molecule has 0 aliphatic rings. The summed E-state index contributed by atoms with van der Waals surface area (Å²) in [4.78, 5) is 9.66. The minimum absolute atomic E-state index is 0.0648. The fraction of sp³-hybridized carbons (Fsp3) is 0.0417. The van der Waals surface area contributed by atoms with Crippen LogP contribution >= 0.6 is 0 Å². The summed E-state index contributed by atoms with van der Waals surface area (Å²) in [6.07, 6.45) is 0. The highest BCUT2D eigenvalue weighted by molar-refractivity contribution is 7.55. The maximum absolute atomic E-state index is 9.66. The topological polar surface area (TPSA) is 46.5 Å². The van der Waals surface area contributed by atoms with Gasteiger partial charge < -0.3 is 0 Å². The summed E-state index contributed by atoms with van der Waals surface area (Å²) < 4.78 is 12.1. The zero-order valence-electron chi connectivity index (χ0n) is 15.3. The Balaban J connectivity index is 0.000000283. The Morgan fingerprint density at radius 1 is 0.607 bits per heavy atom. The third kappa shape index (κ3) is 3.68. The summed E-state index contributed by atoms with van der Waals surface area (Å²) in [5.41, 5.74) is 0. The zero-order chi connectivity index (χ0) is 19.5. The normalized spacial score (nSPS) is 10.6. The first-order chi connectivity index (χ1) is 13.6. The van der Waals surface area contributed by atoms with E-state index >= 15 is 0 Å². The molecule has 0 unspecified atom stereocenters. The van der Waals surface area contributed by atoms with Crippen molar-refractivity contribution in [2.24, 2.45) is 4.36 Å².